The quantitative estimate of drug-likeness (QED) is 0.579. The van der Waals surface area contributed by atoms with E-state index in [1.807, 2.05) is 6.07 Å². The van der Waals surface area contributed by atoms with Crippen molar-refractivity contribution in [3.05, 3.63) is 52.7 Å². The van der Waals surface area contributed by atoms with Crippen molar-refractivity contribution < 1.29 is 14.1 Å². The lowest BCUT2D eigenvalue weighted by Crippen LogP contribution is -2.30. The number of benzene rings is 1. The fourth-order valence-electron chi connectivity index (χ4n) is 3.27. The van der Waals surface area contributed by atoms with E-state index in [4.69, 9.17) is 4.52 Å². The van der Waals surface area contributed by atoms with Crippen LogP contribution in [-0.2, 0) is 11.3 Å². The number of hydrogen-bond donors (Lipinski definition) is 1. The smallest absolute Gasteiger partial charge is 0.316 e. The predicted molar refractivity (Wildman–Crippen MR) is 102 cm³/mol. The Hall–Kier alpha value is -3.56. The molecule has 2 aromatic heterocycles. The molecule has 0 unspecified atom stereocenters. The molecule has 10 heteroatoms. The molecule has 2 amide bonds. The number of nitrogens with zero attached hydrogens (tertiary/aromatic N) is 5. The first kappa shape index (κ1) is 18.8. The number of rotatable bonds is 7. The Balaban J connectivity index is 1.33. The molecule has 1 aliphatic rings. The van der Waals surface area contributed by atoms with E-state index in [2.05, 4.69) is 20.4 Å². The Kier molecular flexibility index (Phi) is 5.32. The SMILES string of the molecule is O=C(NCCCN1CCCC1=O)c1nc(Cn2cnc3ccccc3c2=O)no1. The summed E-state index contributed by atoms with van der Waals surface area (Å²) in [6.07, 6.45) is 3.57. The van der Waals surface area contributed by atoms with E-state index in [1.54, 1.807) is 23.1 Å². The first-order valence-electron chi connectivity index (χ1n) is 9.44. The van der Waals surface area contributed by atoms with Crippen molar-refractivity contribution in [2.75, 3.05) is 19.6 Å². The maximum atomic E-state index is 12.5. The predicted octanol–water partition coefficient (Wildman–Crippen LogP) is 0.570. The van der Waals surface area contributed by atoms with Gasteiger partial charge in [-0.3, -0.25) is 19.0 Å². The number of aromatic nitrogens is 4. The number of likely N-dealkylation sites (tertiary alicyclic amines) is 1. The van der Waals surface area contributed by atoms with Gasteiger partial charge < -0.3 is 14.7 Å². The number of hydrogen-bond acceptors (Lipinski definition) is 7. The van der Waals surface area contributed by atoms with Crippen LogP contribution in [0.3, 0.4) is 0 Å². The van der Waals surface area contributed by atoms with E-state index in [-0.39, 0.29) is 29.7 Å². The number of carbonyl (C=O) groups is 2. The standard InChI is InChI=1S/C19H20N6O4/c26-16-7-3-9-24(16)10-4-8-20-17(27)18-22-15(23-29-18)11-25-12-21-14-6-2-1-5-13(14)19(25)28/h1-2,5-6,12H,3-4,7-11H2,(H,20,27). The Morgan fingerprint density at radius 2 is 2.10 bits per heavy atom. The Morgan fingerprint density at radius 1 is 1.24 bits per heavy atom. The second-order valence-corrected chi connectivity index (χ2v) is 6.80. The Morgan fingerprint density at radius 3 is 2.93 bits per heavy atom. The van der Waals surface area contributed by atoms with E-state index < -0.39 is 5.91 Å². The van der Waals surface area contributed by atoms with Gasteiger partial charge in [-0.05, 0) is 25.0 Å². The minimum Gasteiger partial charge on any atom is -0.348 e. The second kappa shape index (κ2) is 8.21. The molecule has 1 aromatic carbocycles. The van der Waals surface area contributed by atoms with Crippen molar-refractivity contribution in [3.63, 3.8) is 0 Å². The lowest BCUT2D eigenvalue weighted by molar-refractivity contribution is -0.127. The first-order valence-corrected chi connectivity index (χ1v) is 9.44. The lowest BCUT2D eigenvalue weighted by atomic mass is 10.2. The molecule has 0 atom stereocenters. The molecular weight excluding hydrogens is 376 g/mol. The van der Waals surface area contributed by atoms with E-state index in [0.717, 1.165) is 13.0 Å². The van der Waals surface area contributed by atoms with E-state index >= 15 is 0 Å². The maximum absolute atomic E-state index is 12.5. The number of fused-ring (bicyclic) bond motifs is 1. The Labute approximate surface area is 165 Å². The molecular formula is C19H20N6O4. The Bertz CT molecular complexity index is 1110. The molecule has 0 radical (unpaired) electrons. The molecule has 0 bridgehead atoms. The number of carbonyl (C=O) groups excluding carboxylic acids is 2. The van der Waals surface area contributed by atoms with Crippen LogP contribution in [0.2, 0.25) is 0 Å². The third-order valence-corrected chi connectivity index (χ3v) is 4.77. The highest BCUT2D eigenvalue weighted by Gasteiger charge is 2.20. The first-order chi connectivity index (χ1) is 14.1. The molecule has 1 fully saturated rings. The summed E-state index contributed by atoms with van der Waals surface area (Å²) in [5.41, 5.74) is 0.389. The topological polar surface area (TPSA) is 123 Å². The van der Waals surface area contributed by atoms with Crippen LogP contribution in [-0.4, -0.2) is 56.0 Å². The molecule has 1 N–H and O–H groups in total. The third kappa shape index (κ3) is 4.15. The van der Waals surface area contributed by atoms with Crippen LogP contribution in [0.4, 0.5) is 0 Å². The fourth-order valence-corrected chi connectivity index (χ4v) is 3.27. The van der Waals surface area contributed by atoms with E-state index in [0.29, 0.717) is 36.8 Å². The molecule has 1 saturated heterocycles. The van der Waals surface area contributed by atoms with Gasteiger partial charge in [-0.25, -0.2) is 4.98 Å². The zero-order valence-electron chi connectivity index (χ0n) is 15.7. The van der Waals surface area contributed by atoms with Gasteiger partial charge in [0.15, 0.2) is 5.82 Å². The van der Waals surface area contributed by atoms with Crippen LogP contribution in [0.25, 0.3) is 10.9 Å². The second-order valence-electron chi connectivity index (χ2n) is 6.80. The normalized spacial score (nSPS) is 13.9. The molecule has 150 valence electrons. The number of amides is 2. The van der Waals surface area contributed by atoms with Crippen molar-refractivity contribution >= 4 is 22.7 Å². The summed E-state index contributed by atoms with van der Waals surface area (Å²) in [6, 6.07) is 7.04. The monoisotopic (exact) mass is 396 g/mol. The summed E-state index contributed by atoms with van der Waals surface area (Å²) < 4.78 is 6.36. The zero-order chi connectivity index (χ0) is 20.2. The van der Waals surface area contributed by atoms with Gasteiger partial charge in [0, 0.05) is 26.1 Å². The summed E-state index contributed by atoms with van der Waals surface area (Å²) in [4.78, 5) is 46.3. The van der Waals surface area contributed by atoms with Gasteiger partial charge in [-0.1, -0.05) is 17.3 Å². The van der Waals surface area contributed by atoms with Crippen LogP contribution in [0.1, 0.15) is 35.8 Å². The van der Waals surface area contributed by atoms with Crippen molar-refractivity contribution in [2.24, 2.45) is 0 Å². The van der Waals surface area contributed by atoms with E-state index in [9.17, 15) is 14.4 Å². The summed E-state index contributed by atoms with van der Waals surface area (Å²) in [7, 11) is 0. The van der Waals surface area contributed by atoms with Crippen molar-refractivity contribution in [3.8, 4) is 0 Å². The highest BCUT2D eigenvalue weighted by atomic mass is 16.5. The molecule has 4 rings (SSSR count). The summed E-state index contributed by atoms with van der Waals surface area (Å²) >= 11 is 0. The summed E-state index contributed by atoms with van der Waals surface area (Å²) in [5.74, 6) is -0.284. The van der Waals surface area contributed by atoms with Gasteiger partial charge in [0.25, 0.3) is 5.56 Å². The molecule has 3 heterocycles. The van der Waals surface area contributed by atoms with Gasteiger partial charge in [0.2, 0.25) is 5.91 Å². The van der Waals surface area contributed by atoms with Gasteiger partial charge >= 0.3 is 11.8 Å². The summed E-state index contributed by atoms with van der Waals surface area (Å²) in [6.45, 7) is 1.84. The average Bonchev–Trinajstić information content (AvgIpc) is 3.36. The van der Waals surface area contributed by atoms with Crippen LogP contribution < -0.4 is 10.9 Å². The molecule has 3 aromatic rings. The van der Waals surface area contributed by atoms with Gasteiger partial charge in [0.05, 0.1) is 23.8 Å². The molecule has 0 spiro atoms. The zero-order valence-corrected chi connectivity index (χ0v) is 15.7. The van der Waals surface area contributed by atoms with Crippen LogP contribution >= 0.6 is 0 Å². The molecule has 10 nitrogen and oxygen atoms in total. The summed E-state index contributed by atoms with van der Waals surface area (Å²) in [5, 5.41) is 6.96. The molecule has 0 saturated carbocycles. The van der Waals surface area contributed by atoms with Gasteiger partial charge in [0.1, 0.15) is 0 Å². The minimum atomic E-state index is -0.486. The van der Waals surface area contributed by atoms with Crippen LogP contribution in [0.5, 0.6) is 0 Å². The van der Waals surface area contributed by atoms with E-state index in [1.165, 1.54) is 10.9 Å². The van der Waals surface area contributed by atoms with Gasteiger partial charge in [-0.15, -0.1) is 0 Å². The van der Waals surface area contributed by atoms with Crippen molar-refractivity contribution in [1.82, 2.24) is 29.9 Å². The highest BCUT2D eigenvalue weighted by molar-refractivity contribution is 5.89. The molecule has 0 aliphatic carbocycles. The number of para-hydroxylation sites is 1. The van der Waals surface area contributed by atoms with Crippen LogP contribution in [0, 0.1) is 0 Å². The largest absolute Gasteiger partial charge is 0.348 e. The van der Waals surface area contributed by atoms with Crippen molar-refractivity contribution in [2.45, 2.75) is 25.8 Å². The molecule has 1 aliphatic heterocycles. The fraction of sp³-hybridized carbons (Fsp3) is 0.368. The lowest BCUT2D eigenvalue weighted by Gasteiger charge is -2.14. The molecule has 29 heavy (non-hydrogen) atoms. The highest BCUT2D eigenvalue weighted by Crippen LogP contribution is 2.09. The minimum absolute atomic E-state index is 0.0461. The average molecular weight is 396 g/mol. The van der Waals surface area contributed by atoms with Crippen molar-refractivity contribution in [1.29, 1.82) is 0 Å². The van der Waals surface area contributed by atoms with Gasteiger partial charge in [-0.2, -0.15) is 4.98 Å². The third-order valence-electron chi connectivity index (χ3n) is 4.77. The van der Waals surface area contributed by atoms with Crippen LogP contribution in [0.15, 0.2) is 39.9 Å². The maximum Gasteiger partial charge on any atom is 0.316 e. The number of nitrogens with one attached hydrogen (secondary N) is 1.